The first-order chi connectivity index (χ1) is 14.1. The van der Waals surface area contributed by atoms with Crippen LogP contribution in [0.15, 0.2) is 59.1 Å². The van der Waals surface area contributed by atoms with Crippen LogP contribution in [0.2, 0.25) is 0 Å². The van der Waals surface area contributed by atoms with Crippen molar-refractivity contribution in [3.05, 3.63) is 77.3 Å². The first-order valence-corrected chi connectivity index (χ1v) is 9.73. The standard InChI is InChI=1S/C23H22N2O4/c26-22(25-12-11-16-9-10-18(23(27)28)13-19(16)15-25)8-4-7-21-24-14-20(29-21)17-5-2-1-3-6-17/h1-3,5-6,9-10,13-14H,4,7-8,11-12,15H2,(H,27,28). The number of benzene rings is 2. The van der Waals surface area contributed by atoms with E-state index in [0.29, 0.717) is 38.2 Å². The Kier molecular flexibility index (Phi) is 5.42. The van der Waals surface area contributed by atoms with Crippen LogP contribution in [0.25, 0.3) is 11.3 Å². The van der Waals surface area contributed by atoms with Crippen LogP contribution >= 0.6 is 0 Å². The van der Waals surface area contributed by atoms with Gasteiger partial charge in [-0.05, 0) is 36.1 Å². The molecular formula is C23H22N2O4. The summed E-state index contributed by atoms with van der Waals surface area (Å²) in [6, 6.07) is 14.9. The quantitative estimate of drug-likeness (QED) is 0.689. The molecule has 0 radical (unpaired) electrons. The molecule has 0 bridgehead atoms. The molecule has 1 amide bonds. The van der Waals surface area contributed by atoms with E-state index in [1.165, 1.54) is 0 Å². The van der Waals surface area contributed by atoms with Gasteiger partial charge >= 0.3 is 5.97 Å². The van der Waals surface area contributed by atoms with Crippen LogP contribution in [0.1, 0.15) is 40.2 Å². The number of carbonyl (C=O) groups is 2. The van der Waals surface area contributed by atoms with Crippen LogP contribution in [0.3, 0.4) is 0 Å². The number of carboxylic acids is 1. The Labute approximate surface area is 168 Å². The van der Waals surface area contributed by atoms with Gasteiger partial charge in [-0.25, -0.2) is 9.78 Å². The summed E-state index contributed by atoms with van der Waals surface area (Å²) in [7, 11) is 0. The second-order valence-electron chi connectivity index (χ2n) is 7.19. The number of fused-ring (bicyclic) bond motifs is 1. The molecule has 0 atom stereocenters. The Balaban J connectivity index is 1.31. The maximum absolute atomic E-state index is 12.6. The number of hydrogen-bond donors (Lipinski definition) is 1. The monoisotopic (exact) mass is 390 g/mol. The second kappa shape index (κ2) is 8.31. The zero-order valence-corrected chi connectivity index (χ0v) is 16.0. The van der Waals surface area contributed by atoms with E-state index in [2.05, 4.69) is 4.98 Å². The Morgan fingerprint density at radius 3 is 2.72 bits per heavy atom. The first kappa shape index (κ1) is 18.9. The molecule has 148 valence electrons. The molecule has 4 rings (SSSR count). The minimum Gasteiger partial charge on any atom is -0.478 e. The lowest BCUT2D eigenvalue weighted by molar-refractivity contribution is -0.132. The van der Waals surface area contributed by atoms with Gasteiger partial charge in [0.05, 0.1) is 11.8 Å². The summed E-state index contributed by atoms with van der Waals surface area (Å²) < 4.78 is 5.79. The number of hydrogen-bond acceptors (Lipinski definition) is 4. The molecule has 2 aromatic carbocycles. The van der Waals surface area contributed by atoms with Gasteiger partial charge in [-0.15, -0.1) is 0 Å². The van der Waals surface area contributed by atoms with Crippen molar-refractivity contribution in [3.63, 3.8) is 0 Å². The van der Waals surface area contributed by atoms with E-state index in [9.17, 15) is 9.59 Å². The van der Waals surface area contributed by atoms with E-state index in [1.54, 1.807) is 23.2 Å². The maximum Gasteiger partial charge on any atom is 0.335 e. The topological polar surface area (TPSA) is 83.6 Å². The highest BCUT2D eigenvalue weighted by Crippen LogP contribution is 2.23. The zero-order chi connectivity index (χ0) is 20.2. The summed E-state index contributed by atoms with van der Waals surface area (Å²) >= 11 is 0. The largest absolute Gasteiger partial charge is 0.478 e. The summed E-state index contributed by atoms with van der Waals surface area (Å²) in [4.78, 5) is 29.9. The van der Waals surface area contributed by atoms with Gasteiger partial charge in [0.25, 0.3) is 0 Å². The molecule has 0 aliphatic carbocycles. The molecule has 2 heterocycles. The SMILES string of the molecule is O=C(O)c1ccc2c(c1)CN(C(=O)CCCc1ncc(-c3ccccc3)o1)CC2. The Bertz CT molecular complexity index is 1030. The number of rotatable bonds is 6. The third kappa shape index (κ3) is 4.37. The van der Waals surface area contributed by atoms with Gasteiger partial charge in [0.2, 0.25) is 5.91 Å². The summed E-state index contributed by atoms with van der Waals surface area (Å²) in [6.07, 6.45) is 4.14. The number of carboxylic acid groups (broad SMARTS) is 1. The van der Waals surface area contributed by atoms with Crippen LogP contribution in [0.5, 0.6) is 0 Å². The molecule has 0 saturated carbocycles. The average Bonchev–Trinajstić information content (AvgIpc) is 3.22. The lowest BCUT2D eigenvalue weighted by Crippen LogP contribution is -2.36. The van der Waals surface area contributed by atoms with Crippen LogP contribution in [0.4, 0.5) is 0 Å². The predicted molar refractivity (Wildman–Crippen MR) is 107 cm³/mol. The lowest BCUT2D eigenvalue weighted by atomic mass is 9.97. The summed E-state index contributed by atoms with van der Waals surface area (Å²) in [5, 5.41) is 9.16. The van der Waals surface area contributed by atoms with E-state index in [4.69, 9.17) is 9.52 Å². The second-order valence-corrected chi connectivity index (χ2v) is 7.19. The number of oxazole rings is 1. The van der Waals surface area contributed by atoms with Crippen molar-refractivity contribution in [1.82, 2.24) is 9.88 Å². The number of aromatic carboxylic acids is 1. The van der Waals surface area contributed by atoms with Crippen LogP contribution in [-0.4, -0.2) is 33.4 Å². The first-order valence-electron chi connectivity index (χ1n) is 9.73. The van der Waals surface area contributed by atoms with E-state index < -0.39 is 5.97 Å². The van der Waals surface area contributed by atoms with Gasteiger partial charge in [-0.2, -0.15) is 0 Å². The van der Waals surface area contributed by atoms with Crippen molar-refractivity contribution < 1.29 is 19.1 Å². The molecule has 3 aromatic rings. The smallest absolute Gasteiger partial charge is 0.335 e. The molecule has 1 aliphatic heterocycles. The predicted octanol–water partition coefficient (Wildman–Crippen LogP) is 3.95. The molecule has 1 N–H and O–H groups in total. The number of aromatic nitrogens is 1. The Morgan fingerprint density at radius 2 is 1.93 bits per heavy atom. The minimum absolute atomic E-state index is 0.0752. The Morgan fingerprint density at radius 1 is 1.10 bits per heavy atom. The highest BCUT2D eigenvalue weighted by Gasteiger charge is 2.21. The summed E-state index contributed by atoms with van der Waals surface area (Å²) in [6.45, 7) is 1.13. The van der Waals surface area contributed by atoms with Crippen LogP contribution < -0.4 is 0 Å². The number of nitrogens with zero attached hydrogens (tertiary/aromatic N) is 2. The highest BCUT2D eigenvalue weighted by atomic mass is 16.4. The van der Waals surface area contributed by atoms with Gasteiger partial charge in [-0.1, -0.05) is 36.4 Å². The number of amides is 1. The van der Waals surface area contributed by atoms with E-state index in [0.717, 1.165) is 28.9 Å². The van der Waals surface area contributed by atoms with Crippen LogP contribution in [-0.2, 0) is 24.2 Å². The normalized spacial score (nSPS) is 13.2. The summed E-state index contributed by atoms with van der Waals surface area (Å²) in [5.74, 6) is 0.490. The summed E-state index contributed by atoms with van der Waals surface area (Å²) in [5.41, 5.74) is 3.28. The third-order valence-electron chi connectivity index (χ3n) is 5.21. The molecule has 1 aliphatic rings. The Hall–Kier alpha value is -3.41. The fourth-order valence-electron chi connectivity index (χ4n) is 3.61. The fourth-order valence-corrected chi connectivity index (χ4v) is 3.61. The molecular weight excluding hydrogens is 368 g/mol. The highest BCUT2D eigenvalue weighted by molar-refractivity contribution is 5.88. The molecule has 29 heavy (non-hydrogen) atoms. The molecule has 0 unspecified atom stereocenters. The molecule has 0 spiro atoms. The minimum atomic E-state index is -0.947. The van der Waals surface area contributed by atoms with Gasteiger partial charge in [0, 0.05) is 31.5 Å². The average molecular weight is 390 g/mol. The van der Waals surface area contributed by atoms with Crippen molar-refractivity contribution in [2.24, 2.45) is 0 Å². The molecule has 6 nitrogen and oxygen atoms in total. The van der Waals surface area contributed by atoms with E-state index in [-0.39, 0.29) is 11.5 Å². The van der Waals surface area contributed by atoms with Crippen molar-refractivity contribution in [1.29, 1.82) is 0 Å². The lowest BCUT2D eigenvalue weighted by Gasteiger charge is -2.29. The van der Waals surface area contributed by atoms with E-state index in [1.807, 2.05) is 36.4 Å². The maximum atomic E-state index is 12.6. The molecule has 0 saturated heterocycles. The van der Waals surface area contributed by atoms with Gasteiger partial charge in [0.15, 0.2) is 11.7 Å². The van der Waals surface area contributed by atoms with Crippen LogP contribution in [0, 0.1) is 0 Å². The van der Waals surface area contributed by atoms with Gasteiger partial charge in [-0.3, -0.25) is 4.79 Å². The number of aryl methyl sites for hydroxylation is 1. The van der Waals surface area contributed by atoms with Crippen molar-refractivity contribution >= 4 is 11.9 Å². The molecule has 0 fully saturated rings. The van der Waals surface area contributed by atoms with Crippen molar-refractivity contribution in [3.8, 4) is 11.3 Å². The van der Waals surface area contributed by atoms with Crippen molar-refractivity contribution in [2.75, 3.05) is 6.54 Å². The van der Waals surface area contributed by atoms with Gasteiger partial charge < -0.3 is 14.4 Å². The van der Waals surface area contributed by atoms with Crippen molar-refractivity contribution in [2.45, 2.75) is 32.2 Å². The third-order valence-corrected chi connectivity index (χ3v) is 5.21. The zero-order valence-electron chi connectivity index (χ0n) is 16.0. The fraction of sp³-hybridized carbons (Fsp3) is 0.261. The van der Waals surface area contributed by atoms with Gasteiger partial charge in [0.1, 0.15) is 0 Å². The molecule has 6 heteroatoms. The number of carbonyl (C=O) groups excluding carboxylic acids is 1. The molecule has 1 aromatic heterocycles. The van der Waals surface area contributed by atoms with E-state index >= 15 is 0 Å².